The molecule has 2 atom stereocenters. The maximum absolute atomic E-state index is 14.1. The number of nitro groups is 1. The number of fused-ring (bicyclic) bond motifs is 5. The number of para-hydroxylation sites is 1. The summed E-state index contributed by atoms with van der Waals surface area (Å²) in [6, 6.07) is 12.0. The molecule has 230 valence electrons. The minimum atomic E-state index is -2.56. The predicted octanol–water partition coefficient (Wildman–Crippen LogP) is 3.85. The summed E-state index contributed by atoms with van der Waals surface area (Å²) in [4.78, 5) is 56.4. The molecular formula is C30H31N5O8S. The first kappa shape index (κ1) is 29.7. The number of benzene rings is 2. The van der Waals surface area contributed by atoms with Crippen LogP contribution >= 0.6 is 11.9 Å². The number of aryl methyl sites for hydroxylation is 1. The Balaban J connectivity index is 1.25. The van der Waals surface area contributed by atoms with Gasteiger partial charge < -0.3 is 29.8 Å². The van der Waals surface area contributed by atoms with Crippen molar-refractivity contribution in [2.45, 2.75) is 49.6 Å². The summed E-state index contributed by atoms with van der Waals surface area (Å²) >= 11 is 1.39. The van der Waals surface area contributed by atoms with E-state index in [0.717, 1.165) is 0 Å². The number of aliphatic hydroxyl groups is 1. The van der Waals surface area contributed by atoms with Crippen LogP contribution in [0.2, 0.25) is 0 Å². The van der Waals surface area contributed by atoms with Gasteiger partial charge in [-0.05, 0) is 57.3 Å². The molecule has 13 nitrogen and oxygen atoms in total. The second-order valence-corrected chi connectivity index (χ2v) is 13.1. The zero-order valence-electron chi connectivity index (χ0n) is 24.5. The van der Waals surface area contributed by atoms with Gasteiger partial charge >= 0.3 is 6.09 Å². The normalized spacial score (nSPS) is 22.6. The van der Waals surface area contributed by atoms with Crippen LogP contribution in [0.5, 0.6) is 5.75 Å². The van der Waals surface area contributed by atoms with Crippen LogP contribution in [0.1, 0.15) is 58.3 Å². The zero-order valence-corrected chi connectivity index (χ0v) is 25.3. The highest BCUT2D eigenvalue weighted by Gasteiger charge is 2.73. The molecule has 0 spiro atoms. The number of hydrogen-bond acceptors (Lipinski definition) is 10. The second-order valence-electron chi connectivity index (χ2n) is 11.9. The fourth-order valence-corrected chi connectivity index (χ4v) is 6.92. The Morgan fingerprint density at radius 3 is 2.52 bits per heavy atom. The molecule has 44 heavy (non-hydrogen) atoms. The third kappa shape index (κ3) is 4.60. The number of nitrogens with one attached hydrogen (secondary N) is 2. The van der Waals surface area contributed by atoms with Crippen molar-refractivity contribution in [2.24, 2.45) is 0 Å². The number of Topliss-reactive ketones (excluding diaryl/α,β-unsaturated/α-hetero) is 1. The van der Waals surface area contributed by atoms with E-state index in [1.54, 1.807) is 36.1 Å². The number of H-pyrrole nitrogens is 1. The van der Waals surface area contributed by atoms with E-state index in [0.29, 0.717) is 36.8 Å². The molecule has 0 radical (unpaired) electrons. The molecule has 6 rings (SSSR count). The molecule has 2 aromatic carbocycles. The summed E-state index contributed by atoms with van der Waals surface area (Å²) in [5.41, 5.74) is -2.74. The molecule has 0 saturated carbocycles. The van der Waals surface area contributed by atoms with Gasteiger partial charge in [-0.25, -0.2) is 9.10 Å². The molecule has 2 aliphatic heterocycles. The first-order valence-corrected chi connectivity index (χ1v) is 14.8. The highest BCUT2D eigenvalue weighted by Crippen LogP contribution is 2.59. The van der Waals surface area contributed by atoms with E-state index in [9.17, 15) is 29.6 Å². The van der Waals surface area contributed by atoms with Crippen LogP contribution in [0.3, 0.4) is 0 Å². The third-order valence-electron chi connectivity index (χ3n) is 7.86. The summed E-state index contributed by atoms with van der Waals surface area (Å²) in [7, 11) is 0. The van der Waals surface area contributed by atoms with Crippen molar-refractivity contribution in [3.05, 3.63) is 86.6 Å². The number of hydrogen-bond donors (Lipinski definition) is 3. The number of nitrogens with zero attached hydrogens (tertiary/aromatic N) is 3. The minimum Gasteiger partial charge on any atom is -0.454 e. The molecule has 2 unspecified atom stereocenters. The van der Waals surface area contributed by atoms with Crippen LogP contribution < -0.4 is 10.1 Å². The maximum atomic E-state index is 14.1. The zero-order chi connectivity index (χ0) is 31.6. The van der Waals surface area contributed by atoms with Crippen molar-refractivity contribution < 1.29 is 33.9 Å². The smallest absolute Gasteiger partial charge is 0.410 e. The highest BCUT2D eigenvalue weighted by atomic mass is 32.2. The number of aromatic nitrogens is 1. The molecule has 0 bridgehead atoms. The van der Waals surface area contributed by atoms with Crippen LogP contribution in [-0.2, 0) is 16.1 Å². The summed E-state index contributed by atoms with van der Waals surface area (Å²) in [5, 5.41) is 27.4. The van der Waals surface area contributed by atoms with E-state index in [4.69, 9.17) is 9.47 Å². The Bertz CT molecular complexity index is 1710. The fourth-order valence-electron chi connectivity index (χ4n) is 5.92. The molecule has 1 aromatic heterocycles. The number of ketones is 1. The maximum Gasteiger partial charge on any atom is 0.410 e. The van der Waals surface area contributed by atoms with E-state index in [-0.39, 0.29) is 34.2 Å². The van der Waals surface area contributed by atoms with Crippen LogP contribution in [0.15, 0.2) is 53.6 Å². The van der Waals surface area contributed by atoms with Crippen LogP contribution in [-0.4, -0.2) is 73.8 Å². The first-order chi connectivity index (χ1) is 20.7. The quantitative estimate of drug-likeness (QED) is 0.216. The lowest BCUT2D eigenvalue weighted by atomic mass is 9.82. The van der Waals surface area contributed by atoms with E-state index < -0.39 is 39.2 Å². The Morgan fingerprint density at radius 1 is 1.14 bits per heavy atom. The largest absolute Gasteiger partial charge is 0.454 e. The van der Waals surface area contributed by atoms with Crippen molar-refractivity contribution in [1.82, 2.24) is 19.5 Å². The lowest BCUT2D eigenvalue weighted by molar-refractivity contribution is -0.388. The molecule has 3 aromatic rings. The Morgan fingerprint density at radius 2 is 1.84 bits per heavy atom. The van der Waals surface area contributed by atoms with E-state index in [2.05, 4.69) is 14.6 Å². The van der Waals surface area contributed by atoms with Crippen LogP contribution in [0.25, 0.3) is 0 Å². The van der Waals surface area contributed by atoms with Crippen molar-refractivity contribution in [1.29, 1.82) is 0 Å². The molecule has 1 fully saturated rings. The lowest BCUT2D eigenvalue weighted by Gasteiger charge is -2.34. The van der Waals surface area contributed by atoms with Gasteiger partial charge in [0.15, 0.2) is 0 Å². The second kappa shape index (κ2) is 10.4. The molecule has 2 amide bonds. The highest BCUT2D eigenvalue weighted by molar-refractivity contribution is 7.97. The van der Waals surface area contributed by atoms with Crippen molar-refractivity contribution in [3.8, 4) is 5.75 Å². The average molecular weight is 622 g/mol. The Labute approximate surface area is 256 Å². The summed E-state index contributed by atoms with van der Waals surface area (Å²) < 4.78 is 13.4. The van der Waals surface area contributed by atoms with Gasteiger partial charge in [0.1, 0.15) is 22.6 Å². The topological polar surface area (TPSA) is 167 Å². The summed E-state index contributed by atoms with van der Waals surface area (Å²) in [6.45, 7) is 9.29. The molecule has 1 saturated heterocycles. The number of amides is 2. The van der Waals surface area contributed by atoms with Gasteiger partial charge in [0.25, 0.3) is 17.4 Å². The Hall–Kier alpha value is -4.40. The lowest BCUT2D eigenvalue weighted by Crippen LogP contribution is -2.60. The van der Waals surface area contributed by atoms with E-state index in [1.807, 2.05) is 20.8 Å². The van der Waals surface area contributed by atoms with Gasteiger partial charge in [-0.2, -0.15) is 0 Å². The van der Waals surface area contributed by atoms with Gasteiger partial charge in [0.05, 0.1) is 9.95 Å². The monoisotopic (exact) mass is 621 g/mol. The number of carbonyl (C=O) groups is 3. The molecule has 3 aliphatic rings. The number of ether oxygens (including phenoxy) is 2. The summed E-state index contributed by atoms with van der Waals surface area (Å²) in [5.74, 6) is -3.86. The van der Waals surface area contributed by atoms with Gasteiger partial charge in [0.2, 0.25) is 11.3 Å². The average Bonchev–Trinajstić information content (AvgIpc) is 3.51. The van der Waals surface area contributed by atoms with Crippen LogP contribution in [0.4, 0.5) is 10.5 Å². The minimum absolute atomic E-state index is 0.110. The van der Waals surface area contributed by atoms with Crippen molar-refractivity contribution >= 4 is 35.4 Å². The number of carbonyl (C=O) groups excluding carboxylic acids is 3. The number of rotatable bonds is 5. The van der Waals surface area contributed by atoms with Gasteiger partial charge in [0, 0.05) is 43.4 Å². The van der Waals surface area contributed by atoms with E-state index >= 15 is 0 Å². The first-order valence-electron chi connectivity index (χ1n) is 14.0. The van der Waals surface area contributed by atoms with Gasteiger partial charge in [-0.15, -0.1) is 0 Å². The molecule has 3 heterocycles. The number of aromatic amines is 1. The molecule has 3 N–H and O–H groups in total. The van der Waals surface area contributed by atoms with Crippen molar-refractivity contribution in [2.75, 3.05) is 26.2 Å². The Kier molecular flexibility index (Phi) is 6.98. The van der Waals surface area contributed by atoms with E-state index in [1.165, 1.54) is 36.2 Å². The van der Waals surface area contributed by atoms with Crippen LogP contribution in [0, 0.1) is 17.0 Å². The SMILES string of the molecule is Cc1cc(SN2CCN(C(=O)OC(C)(C)C)CC2)[nH]c1C(=O)NC12C(=O)c3cccc([N+](=O)[O-])c3C1(O)Oc1ccccc12. The summed E-state index contributed by atoms with van der Waals surface area (Å²) in [6.07, 6.45) is -0.359. The van der Waals surface area contributed by atoms with Crippen molar-refractivity contribution in [3.63, 3.8) is 0 Å². The number of nitro benzene ring substituents is 1. The standard InChI is InChI=1S/C30H31N5O8S/c1-17-16-22(44-34-14-12-33(13-15-34)27(38)43-28(2,3)4)31-24(17)26(37)32-29-19-9-5-6-11-21(19)42-30(29,39)23-18(25(29)36)8-7-10-20(23)35(40)41/h5-11,16,31,39H,12-15H2,1-4H3,(H,32,37). The molecule has 14 heteroatoms. The van der Waals surface area contributed by atoms with Gasteiger partial charge in [-0.3, -0.25) is 19.7 Å². The third-order valence-corrected chi connectivity index (χ3v) is 8.90. The van der Waals surface area contributed by atoms with Gasteiger partial charge in [-0.1, -0.05) is 30.3 Å². The number of piperazine rings is 1. The molecule has 1 aliphatic carbocycles. The molecular weight excluding hydrogens is 590 g/mol. The fraction of sp³-hybridized carbons (Fsp3) is 0.367. The predicted molar refractivity (Wildman–Crippen MR) is 158 cm³/mol.